The molecule has 0 aromatic carbocycles. The average molecular weight is 217 g/mol. The number of furan rings is 1. The van der Waals surface area contributed by atoms with Gasteiger partial charge in [0.25, 0.3) is 5.56 Å². The first-order valence-electron chi connectivity index (χ1n) is 4.53. The molecule has 0 aliphatic heterocycles. The molecule has 3 aromatic heterocycles. The van der Waals surface area contributed by atoms with Crippen molar-refractivity contribution in [3.8, 4) is 11.6 Å². The van der Waals surface area contributed by atoms with Crippen LogP contribution in [0.3, 0.4) is 0 Å². The largest absolute Gasteiger partial charge is 0.461 e. The summed E-state index contributed by atoms with van der Waals surface area (Å²) in [6.45, 7) is 0. The van der Waals surface area contributed by atoms with Crippen LogP contribution < -0.4 is 11.3 Å². The second-order valence-electron chi connectivity index (χ2n) is 3.21. The predicted molar refractivity (Wildman–Crippen MR) is 55.7 cm³/mol. The van der Waals surface area contributed by atoms with Gasteiger partial charge in [-0.15, -0.1) is 5.10 Å². The van der Waals surface area contributed by atoms with Crippen LogP contribution in [0.15, 0.2) is 33.7 Å². The van der Waals surface area contributed by atoms with Gasteiger partial charge >= 0.3 is 0 Å². The van der Waals surface area contributed by atoms with Crippen molar-refractivity contribution in [3.63, 3.8) is 0 Å². The Morgan fingerprint density at radius 2 is 2.38 bits per heavy atom. The van der Waals surface area contributed by atoms with Crippen LogP contribution in [0, 0.1) is 0 Å². The van der Waals surface area contributed by atoms with E-state index in [1.165, 1.54) is 16.8 Å². The summed E-state index contributed by atoms with van der Waals surface area (Å²) in [5, 5.41) is 4.11. The average Bonchev–Trinajstić information content (AvgIpc) is 2.82. The van der Waals surface area contributed by atoms with E-state index in [0.29, 0.717) is 11.6 Å². The molecular weight excluding hydrogens is 210 g/mol. The quantitative estimate of drug-likeness (QED) is 0.608. The van der Waals surface area contributed by atoms with Gasteiger partial charge in [-0.05, 0) is 12.1 Å². The fourth-order valence-electron chi connectivity index (χ4n) is 1.42. The maximum absolute atomic E-state index is 11.2. The lowest BCUT2D eigenvalue weighted by Crippen LogP contribution is -2.11. The Balaban J connectivity index is 2.31. The van der Waals surface area contributed by atoms with E-state index in [1.807, 2.05) is 0 Å². The van der Waals surface area contributed by atoms with Gasteiger partial charge in [-0.3, -0.25) is 9.78 Å². The van der Waals surface area contributed by atoms with Crippen LogP contribution >= 0.6 is 0 Å². The highest BCUT2D eigenvalue weighted by Gasteiger charge is 2.10. The molecule has 0 fully saturated rings. The van der Waals surface area contributed by atoms with Gasteiger partial charge < -0.3 is 10.2 Å². The van der Waals surface area contributed by atoms with Gasteiger partial charge in [0.2, 0.25) is 11.6 Å². The van der Waals surface area contributed by atoms with E-state index in [4.69, 9.17) is 10.2 Å². The predicted octanol–water partition coefficient (Wildman–Crippen LogP) is 0.260. The first kappa shape index (κ1) is 8.72. The minimum Gasteiger partial charge on any atom is -0.461 e. The molecule has 3 aromatic rings. The molecule has 0 radical (unpaired) electrons. The summed E-state index contributed by atoms with van der Waals surface area (Å²) in [6.07, 6.45) is 1.52. The summed E-state index contributed by atoms with van der Waals surface area (Å²) in [5.41, 5.74) is 5.32. The number of nitrogens with one attached hydrogen (secondary N) is 1. The van der Waals surface area contributed by atoms with E-state index in [-0.39, 0.29) is 17.2 Å². The molecule has 16 heavy (non-hydrogen) atoms. The van der Waals surface area contributed by atoms with Gasteiger partial charge in [0.05, 0.1) is 6.26 Å². The number of H-pyrrole nitrogens is 1. The Labute approximate surface area is 88.5 Å². The van der Waals surface area contributed by atoms with Crippen LogP contribution in [0.5, 0.6) is 0 Å². The smallest absolute Gasteiger partial charge is 0.254 e. The summed E-state index contributed by atoms with van der Waals surface area (Å²) in [5.74, 6) is 1.41. The Hall–Kier alpha value is -2.57. The topological polar surface area (TPSA) is 102 Å². The molecule has 7 heteroatoms. The third kappa shape index (κ3) is 1.18. The van der Waals surface area contributed by atoms with Crippen LogP contribution in [0.25, 0.3) is 17.4 Å². The summed E-state index contributed by atoms with van der Waals surface area (Å²) >= 11 is 0. The van der Waals surface area contributed by atoms with E-state index >= 15 is 0 Å². The SMILES string of the molecule is Nc1cc(=O)[nH]c2nc(-c3ccco3)nn12. The van der Waals surface area contributed by atoms with Gasteiger partial charge in [0, 0.05) is 6.07 Å². The van der Waals surface area contributed by atoms with Crippen LogP contribution in [0.4, 0.5) is 5.82 Å². The highest BCUT2D eigenvalue weighted by atomic mass is 16.3. The van der Waals surface area contributed by atoms with Crippen molar-refractivity contribution < 1.29 is 4.42 Å². The molecule has 0 saturated carbocycles. The standard InChI is InChI=1S/C9H7N5O2/c10-6-4-7(15)11-9-12-8(13-14(6)9)5-2-1-3-16-5/h1-4H,10H2,(H,11,12,13,15). The minimum atomic E-state index is -0.316. The van der Waals surface area contributed by atoms with Crippen molar-refractivity contribution in [2.45, 2.75) is 0 Å². The van der Waals surface area contributed by atoms with Crippen LogP contribution in [0.1, 0.15) is 0 Å². The number of hydrogen-bond donors (Lipinski definition) is 2. The summed E-state index contributed by atoms with van der Waals surface area (Å²) in [4.78, 5) is 17.8. The molecular formula is C9H7N5O2. The molecule has 80 valence electrons. The van der Waals surface area contributed by atoms with E-state index < -0.39 is 0 Å². The Kier molecular flexibility index (Phi) is 1.61. The molecule has 0 bridgehead atoms. The number of nitrogens with zero attached hydrogens (tertiary/aromatic N) is 3. The third-order valence-electron chi connectivity index (χ3n) is 2.11. The monoisotopic (exact) mass is 217 g/mol. The zero-order valence-corrected chi connectivity index (χ0v) is 8.04. The maximum Gasteiger partial charge on any atom is 0.254 e. The lowest BCUT2D eigenvalue weighted by Gasteiger charge is -1.93. The van der Waals surface area contributed by atoms with E-state index in [0.717, 1.165) is 0 Å². The highest BCUT2D eigenvalue weighted by Crippen LogP contribution is 2.16. The second kappa shape index (κ2) is 2.96. The van der Waals surface area contributed by atoms with Crippen molar-refractivity contribution in [2.24, 2.45) is 0 Å². The normalized spacial score (nSPS) is 11.0. The molecule has 3 rings (SSSR count). The molecule has 0 aliphatic carbocycles. The third-order valence-corrected chi connectivity index (χ3v) is 2.11. The van der Waals surface area contributed by atoms with Gasteiger partial charge in [0.15, 0.2) is 5.76 Å². The number of fused-ring (bicyclic) bond motifs is 1. The molecule has 7 nitrogen and oxygen atoms in total. The fourth-order valence-corrected chi connectivity index (χ4v) is 1.42. The number of hydrogen-bond acceptors (Lipinski definition) is 5. The minimum absolute atomic E-state index is 0.226. The number of anilines is 1. The van der Waals surface area contributed by atoms with Crippen LogP contribution in [-0.4, -0.2) is 19.6 Å². The summed E-state index contributed by atoms with van der Waals surface area (Å²) < 4.78 is 6.49. The molecule has 3 heterocycles. The second-order valence-corrected chi connectivity index (χ2v) is 3.21. The number of rotatable bonds is 1. The van der Waals surface area contributed by atoms with Crippen molar-refractivity contribution >= 4 is 11.6 Å². The molecule has 0 saturated heterocycles. The van der Waals surface area contributed by atoms with Crippen LogP contribution in [0.2, 0.25) is 0 Å². The molecule has 0 amide bonds. The number of aromatic nitrogens is 4. The first-order chi connectivity index (χ1) is 7.74. The highest BCUT2D eigenvalue weighted by molar-refractivity contribution is 5.51. The van der Waals surface area contributed by atoms with Crippen molar-refractivity contribution in [1.82, 2.24) is 19.6 Å². The zero-order valence-electron chi connectivity index (χ0n) is 8.04. The van der Waals surface area contributed by atoms with Gasteiger partial charge in [-0.2, -0.15) is 9.50 Å². The Bertz CT molecular complexity index is 694. The van der Waals surface area contributed by atoms with Crippen molar-refractivity contribution in [3.05, 3.63) is 34.8 Å². The van der Waals surface area contributed by atoms with Gasteiger partial charge in [0.1, 0.15) is 5.82 Å². The summed E-state index contributed by atoms with van der Waals surface area (Å²) in [6, 6.07) is 4.70. The lowest BCUT2D eigenvalue weighted by atomic mass is 10.4. The molecule has 3 N–H and O–H groups in total. The van der Waals surface area contributed by atoms with E-state index in [9.17, 15) is 4.79 Å². The summed E-state index contributed by atoms with van der Waals surface area (Å²) in [7, 11) is 0. The first-order valence-corrected chi connectivity index (χ1v) is 4.53. The Morgan fingerprint density at radius 1 is 1.50 bits per heavy atom. The molecule has 0 spiro atoms. The number of nitrogen functional groups attached to an aromatic ring is 1. The molecule has 0 unspecified atom stereocenters. The van der Waals surface area contributed by atoms with Crippen molar-refractivity contribution in [2.75, 3.05) is 5.73 Å². The molecule has 0 aliphatic rings. The van der Waals surface area contributed by atoms with Crippen LogP contribution in [-0.2, 0) is 0 Å². The Morgan fingerprint density at radius 3 is 3.12 bits per heavy atom. The van der Waals surface area contributed by atoms with Gasteiger partial charge in [-0.1, -0.05) is 0 Å². The number of nitrogens with two attached hydrogens (primary N) is 1. The molecule has 0 atom stereocenters. The lowest BCUT2D eigenvalue weighted by molar-refractivity contribution is 0.577. The zero-order chi connectivity index (χ0) is 11.1. The van der Waals surface area contributed by atoms with E-state index in [2.05, 4.69) is 15.1 Å². The van der Waals surface area contributed by atoms with Gasteiger partial charge in [-0.25, -0.2) is 0 Å². The fraction of sp³-hybridized carbons (Fsp3) is 0. The van der Waals surface area contributed by atoms with Crippen molar-refractivity contribution in [1.29, 1.82) is 0 Å². The van der Waals surface area contributed by atoms with E-state index in [1.54, 1.807) is 12.1 Å². The maximum atomic E-state index is 11.2. The number of aromatic amines is 1.